The zero-order valence-electron chi connectivity index (χ0n) is 18.1. The summed E-state index contributed by atoms with van der Waals surface area (Å²) in [5.41, 5.74) is 1.83. The maximum absolute atomic E-state index is 13.7. The SMILES string of the molecule is CNC(=O)CN(C)C(=O)CN1C(=O)N[C@@](c2ccccc2)(c2ccc(C)c(C)c2)C1=O. The van der Waals surface area contributed by atoms with Gasteiger partial charge in [-0.15, -0.1) is 0 Å². The topological polar surface area (TPSA) is 98.8 Å². The molecule has 0 unspecified atom stereocenters. The average Bonchev–Trinajstić information content (AvgIpc) is 3.01. The molecule has 8 heteroatoms. The second kappa shape index (κ2) is 8.59. The number of nitrogens with one attached hydrogen (secondary N) is 2. The zero-order valence-corrected chi connectivity index (χ0v) is 18.1. The van der Waals surface area contributed by atoms with Gasteiger partial charge in [-0.2, -0.15) is 0 Å². The quantitative estimate of drug-likeness (QED) is 0.686. The molecule has 0 bridgehead atoms. The molecular weight excluding hydrogens is 396 g/mol. The summed E-state index contributed by atoms with van der Waals surface area (Å²) in [5, 5.41) is 5.27. The van der Waals surface area contributed by atoms with Crippen LogP contribution < -0.4 is 10.6 Å². The van der Waals surface area contributed by atoms with E-state index in [-0.39, 0.29) is 12.5 Å². The predicted octanol–water partition coefficient (Wildman–Crippen LogP) is 1.30. The Labute approximate surface area is 181 Å². The molecule has 1 atom stereocenters. The second-order valence-corrected chi connectivity index (χ2v) is 7.66. The van der Waals surface area contributed by atoms with Crippen molar-refractivity contribution in [1.82, 2.24) is 20.4 Å². The molecule has 1 aliphatic heterocycles. The summed E-state index contributed by atoms with van der Waals surface area (Å²) in [6.45, 7) is 3.28. The summed E-state index contributed by atoms with van der Waals surface area (Å²) in [7, 11) is 2.92. The minimum absolute atomic E-state index is 0.167. The first-order chi connectivity index (χ1) is 14.7. The number of benzene rings is 2. The zero-order chi connectivity index (χ0) is 22.8. The van der Waals surface area contributed by atoms with Crippen molar-refractivity contribution in [2.75, 3.05) is 27.2 Å². The van der Waals surface area contributed by atoms with Crippen LogP contribution in [0.25, 0.3) is 0 Å². The minimum Gasteiger partial charge on any atom is -0.358 e. The van der Waals surface area contributed by atoms with Crippen molar-refractivity contribution in [3.8, 4) is 0 Å². The number of nitrogens with zero attached hydrogens (tertiary/aromatic N) is 2. The van der Waals surface area contributed by atoms with Gasteiger partial charge in [0.05, 0.1) is 6.54 Å². The van der Waals surface area contributed by atoms with E-state index < -0.39 is 29.9 Å². The van der Waals surface area contributed by atoms with E-state index in [1.165, 1.54) is 19.0 Å². The lowest BCUT2D eigenvalue weighted by molar-refractivity contribution is -0.139. The van der Waals surface area contributed by atoms with E-state index in [1.54, 1.807) is 24.3 Å². The predicted molar refractivity (Wildman–Crippen MR) is 115 cm³/mol. The molecule has 2 N–H and O–H groups in total. The van der Waals surface area contributed by atoms with Crippen LogP contribution in [0.2, 0.25) is 0 Å². The number of urea groups is 1. The smallest absolute Gasteiger partial charge is 0.326 e. The van der Waals surface area contributed by atoms with Gasteiger partial charge >= 0.3 is 6.03 Å². The third-order valence-electron chi connectivity index (χ3n) is 5.63. The van der Waals surface area contributed by atoms with Crippen molar-refractivity contribution in [1.29, 1.82) is 0 Å². The molecule has 5 amide bonds. The van der Waals surface area contributed by atoms with Gasteiger partial charge in [0.2, 0.25) is 11.8 Å². The Bertz CT molecular complexity index is 1040. The highest BCUT2D eigenvalue weighted by Gasteiger charge is 2.54. The van der Waals surface area contributed by atoms with Crippen LogP contribution in [0.15, 0.2) is 48.5 Å². The molecule has 162 valence electrons. The molecule has 1 fully saturated rings. The molecule has 0 spiro atoms. The van der Waals surface area contributed by atoms with Crippen LogP contribution in [0.3, 0.4) is 0 Å². The van der Waals surface area contributed by atoms with Crippen molar-refractivity contribution < 1.29 is 19.2 Å². The third kappa shape index (κ3) is 4.01. The van der Waals surface area contributed by atoms with E-state index in [9.17, 15) is 19.2 Å². The standard InChI is InChI=1S/C23H26N4O4/c1-15-10-11-18(12-16(15)2)23(17-8-6-5-7-9-17)21(30)27(22(31)25-23)14-20(29)26(4)13-19(28)24-3/h5-12H,13-14H2,1-4H3,(H,24,28)(H,25,31)/t23-/m0/s1. The number of likely N-dealkylation sites (N-methyl/N-ethyl adjacent to an activating group) is 2. The number of amides is 5. The van der Waals surface area contributed by atoms with Crippen molar-refractivity contribution in [2.24, 2.45) is 0 Å². The van der Waals surface area contributed by atoms with Crippen LogP contribution in [0.1, 0.15) is 22.3 Å². The molecule has 0 aliphatic carbocycles. The fourth-order valence-electron chi connectivity index (χ4n) is 3.58. The highest BCUT2D eigenvalue weighted by Crippen LogP contribution is 2.36. The molecule has 0 radical (unpaired) electrons. The fourth-order valence-corrected chi connectivity index (χ4v) is 3.58. The second-order valence-electron chi connectivity index (χ2n) is 7.66. The number of rotatable bonds is 6. The van der Waals surface area contributed by atoms with Gasteiger partial charge < -0.3 is 15.5 Å². The molecule has 31 heavy (non-hydrogen) atoms. The summed E-state index contributed by atoms with van der Waals surface area (Å²) in [4.78, 5) is 52.8. The number of aryl methyl sites for hydroxylation is 2. The van der Waals surface area contributed by atoms with Gasteiger partial charge in [-0.05, 0) is 36.1 Å². The normalized spacial score (nSPS) is 18.0. The summed E-state index contributed by atoms with van der Waals surface area (Å²) < 4.78 is 0. The van der Waals surface area contributed by atoms with Gasteiger partial charge in [-0.3, -0.25) is 19.3 Å². The van der Waals surface area contributed by atoms with Crippen LogP contribution >= 0.6 is 0 Å². The number of carbonyl (C=O) groups excluding carboxylic acids is 4. The number of imide groups is 1. The number of hydrogen-bond acceptors (Lipinski definition) is 4. The number of hydrogen-bond donors (Lipinski definition) is 2. The van der Waals surface area contributed by atoms with Crippen LogP contribution in [0.4, 0.5) is 4.79 Å². The van der Waals surface area contributed by atoms with Crippen molar-refractivity contribution in [2.45, 2.75) is 19.4 Å². The Morgan fingerprint density at radius 3 is 2.32 bits per heavy atom. The Morgan fingerprint density at radius 1 is 1.03 bits per heavy atom. The largest absolute Gasteiger partial charge is 0.358 e. The third-order valence-corrected chi connectivity index (χ3v) is 5.63. The van der Waals surface area contributed by atoms with Crippen molar-refractivity contribution >= 4 is 23.8 Å². The molecule has 3 rings (SSSR count). The van der Waals surface area contributed by atoms with E-state index in [2.05, 4.69) is 10.6 Å². The van der Waals surface area contributed by atoms with Crippen LogP contribution in [-0.4, -0.2) is 60.7 Å². The maximum atomic E-state index is 13.7. The summed E-state index contributed by atoms with van der Waals surface area (Å²) in [5.74, 6) is -1.40. The van der Waals surface area contributed by atoms with Gasteiger partial charge in [0.15, 0.2) is 5.54 Å². The first kappa shape index (κ1) is 22.0. The lowest BCUT2D eigenvalue weighted by Crippen LogP contribution is -2.47. The minimum atomic E-state index is -1.43. The molecule has 2 aromatic rings. The Hall–Kier alpha value is -3.68. The fraction of sp³-hybridized carbons (Fsp3) is 0.304. The van der Waals surface area contributed by atoms with E-state index in [1.807, 2.05) is 38.1 Å². The van der Waals surface area contributed by atoms with Crippen LogP contribution in [0.5, 0.6) is 0 Å². The van der Waals surface area contributed by atoms with E-state index in [0.29, 0.717) is 11.1 Å². The van der Waals surface area contributed by atoms with E-state index in [4.69, 9.17) is 0 Å². The van der Waals surface area contributed by atoms with Crippen LogP contribution in [0, 0.1) is 13.8 Å². The Kier molecular flexibility index (Phi) is 6.10. The molecule has 0 saturated carbocycles. The Balaban J connectivity index is 1.99. The highest BCUT2D eigenvalue weighted by atomic mass is 16.2. The lowest BCUT2D eigenvalue weighted by atomic mass is 9.81. The van der Waals surface area contributed by atoms with Gasteiger partial charge in [-0.25, -0.2) is 4.79 Å². The molecular formula is C23H26N4O4. The maximum Gasteiger partial charge on any atom is 0.326 e. The summed E-state index contributed by atoms with van der Waals surface area (Å²) in [6, 6.07) is 13.9. The van der Waals surface area contributed by atoms with Crippen LogP contribution in [-0.2, 0) is 19.9 Å². The van der Waals surface area contributed by atoms with Crippen molar-refractivity contribution in [3.63, 3.8) is 0 Å². The average molecular weight is 422 g/mol. The highest BCUT2D eigenvalue weighted by molar-refractivity contribution is 6.11. The Morgan fingerprint density at radius 2 is 1.71 bits per heavy atom. The molecule has 1 heterocycles. The van der Waals surface area contributed by atoms with E-state index in [0.717, 1.165) is 16.0 Å². The van der Waals surface area contributed by atoms with Gasteiger partial charge in [0, 0.05) is 14.1 Å². The molecule has 1 saturated heterocycles. The van der Waals surface area contributed by atoms with Gasteiger partial charge in [0.1, 0.15) is 6.54 Å². The van der Waals surface area contributed by atoms with E-state index >= 15 is 0 Å². The molecule has 2 aromatic carbocycles. The lowest BCUT2D eigenvalue weighted by Gasteiger charge is -2.28. The molecule has 1 aliphatic rings. The first-order valence-corrected chi connectivity index (χ1v) is 9.92. The van der Waals surface area contributed by atoms with Crippen molar-refractivity contribution in [3.05, 3.63) is 70.8 Å². The molecule has 0 aromatic heterocycles. The summed E-state index contributed by atoms with van der Waals surface area (Å²) in [6.07, 6.45) is 0. The van der Waals surface area contributed by atoms with Gasteiger partial charge in [-0.1, -0.05) is 48.5 Å². The summed E-state index contributed by atoms with van der Waals surface area (Å²) >= 11 is 0. The number of carbonyl (C=O) groups is 4. The van der Waals surface area contributed by atoms with Gasteiger partial charge in [0.25, 0.3) is 5.91 Å². The first-order valence-electron chi connectivity index (χ1n) is 9.92. The monoisotopic (exact) mass is 422 g/mol. The molecule has 8 nitrogen and oxygen atoms in total.